The number of piperidine rings is 1. The summed E-state index contributed by atoms with van der Waals surface area (Å²) in [6.45, 7) is 0.735. The van der Waals surface area contributed by atoms with Crippen molar-refractivity contribution in [3.8, 4) is 5.75 Å². The molecule has 1 saturated heterocycles. The van der Waals surface area contributed by atoms with Crippen molar-refractivity contribution in [1.82, 2.24) is 14.9 Å². The van der Waals surface area contributed by atoms with E-state index in [2.05, 4.69) is 26.6 Å². The van der Waals surface area contributed by atoms with Crippen molar-refractivity contribution in [1.29, 1.82) is 0 Å². The van der Waals surface area contributed by atoms with Gasteiger partial charge in [-0.25, -0.2) is 13.2 Å². The second-order valence-electron chi connectivity index (χ2n) is 7.43. The lowest BCUT2D eigenvalue weighted by molar-refractivity contribution is 0.220. The smallest absolute Gasteiger partial charge is 0.315 e. The van der Waals surface area contributed by atoms with E-state index in [9.17, 15) is 13.2 Å². The van der Waals surface area contributed by atoms with Gasteiger partial charge in [-0.2, -0.15) is 4.31 Å². The molecule has 28 heavy (non-hydrogen) atoms. The molecule has 0 unspecified atom stereocenters. The number of hydrogen-bond donors (Lipinski definition) is 2. The highest BCUT2D eigenvalue weighted by molar-refractivity contribution is 9.10. The topological polar surface area (TPSA) is 87.7 Å². The average Bonchev–Trinajstić information content (AvgIpc) is 2.69. The summed E-state index contributed by atoms with van der Waals surface area (Å²) in [4.78, 5) is 12.4. The van der Waals surface area contributed by atoms with Crippen LogP contribution in [0.3, 0.4) is 0 Å². The van der Waals surface area contributed by atoms with Gasteiger partial charge < -0.3 is 15.4 Å². The number of benzene rings is 1. The Morgan fingerprint density at radius 1 is 1.07 bits per heavy atom. The van der Waals surface area contributed by atoms with Crippen LogP contribution in [0.25, 0.3) is 0 Å². The summed E-state index contributed by atoms with van der Waals surface area (Å²) in [5, 5.41) is 6.06. The number of rotatable bonds is 5. The zero-order valence-electron chi connectivity index (χ0n) is 16.1. The Balaban J connectivity index is 1.56. The second-order valence-corrected chi connectivity index (χ2v) is 10.2. The van der Waals surface area contributed by atoms with Crippen LogP contribution < -0.4 is 15.4 Å². The van der Waals surface area contributed by atoms with E-state index in [1.165, 1.54) is 30.7 Å². The third-order valence-corrected chi connectivity index (χ3v) is 7.89. The summed E-state index contributed by atoms with van der Waals surface area (Å²) in [6, 6.07) is 5.06. The quantitative estimate of drug-likeness (QED) is 0.686. The van der Waals surface area contributed by atoms with Gasteiger partial charge in [-0.15, -0.1) is 0 Å². The molecule has 2 aliphatic rings. The predicted octanol–water partition coefficient (Wildman–Crippen LogP) is 3.24. The first-order valence-electron chi connectivity index (χ1n) is 9.81. The third-order valence-electron chi connectivity index (χ3n) is 5.47. The summed E-state index contributed by atoms with van der Waals surface area (Å²) >= 11 is 3.33. The number of halogens is 1. The zero-order chi connectivity index (χ0) is 20.1. The SMILES string of the molecule is COc1ccc(Br)cc1S(=O)(=O)N1CCC(NC(=O)NC2CCCCC2)CC1. The molecule has 2 amide bonds. The molecular weight excluding hydrogens is 446 g/mol. The number of carbonyl (C=O) groups excluding carboxylic acids is 1. The van der Waals surface area contributed by atoms with Gasteiger partial charge in [0.1, 0.15) is 10.6 Å². The molecule has 9 heteroatoms. The van der Waals surface area contributed by atoms with Crippen LogP contribution in [0, 0.1) is 0 Å². The minimum absolute atomic E-state index is 0.0144. The molecule has 1 aromatic carbocycles. The van der Waals surface area contributed by atoms with Crippen LogP contribution in [0.2, 0.25) is 0 Å². The average molecular weight is 474 g/mol. The summed E-state index contributed by atoms with van der Waals surface area (Å²) in [5.74, 6) is 0.329. The van der Waals surface area contributed by atoms with Crippen molar-refractivity contribution in [2.24, 2.45) is 0 Å². The van der Waals surface area contributed by atoms with Crippen LogP contribution >= 0.6 is 15.9 Å². The third kappa shape index (κ3) is 5.18. The first-order valence-corrected chi connectivity index (χ1v) is 12.0. The van der Waals surface area contributed by atoms with Crippen molar-refractivity contribution in [2.75, 3.05) is 20.2 Å². The number of amides is 2. The summed E-state index contributed by atoms with van der Waals surface area (Å²) in [5.41, 5.74) is 0. The molecule has 3 rings (SSSR count). The van der Waals surface area contributed by atoms with Crippen molar-refractivity contribution in [3.05, 3.63) is 22.7 Å². The Bertz CT molecular complexity index is 788. The number of urea groups is 1. The number of carbonyl (C=O) groups is 1. The number of ether oxygens (including phenoxy) is 1. The van der Waals surface area contributed by atoms with Gasteiger partial charge in [0.25, 0.3) is 0 Å². The van der Waals surface area contributed by atoms with Crippen LogP contribution in [-0.4, -0.2) is 51.0 Å². The Hall–Kier alpha value is -1.32. The van der Waals surface area contributed by atoms with Crippen molar-refractivity contribution < 1.29 is 17.9 Å². The van der Waals surface area contributed by atoms with Crippen molar-refractivity contribution in [2.45, 2.75) is 61.9 Å². The number of sulfonamides is 1. The minimum atomic E-state index is -3.65. The largest absolute Gasteiger partial charge is 0.495 e. The van der Waals surface area contributed by atoms with E-state index < -0.39 is 10.0 Å². The monoisotopic (exact) mass is 473 g/mol. The first-order chi connectivity index (χ1) is 13.4. The molecule has 0 aromatic heterocycles. The van der Waals surface area contributed by atoms with Crippen molar-refractivity contribution in [3.63, 3.8) is 0 Å². The fourth-order valence-electron chi connectivity index (χ4n) is 3.89. The summed E-state index contributed by atoms with van der Waals surface area (Å²) in [6.07, 6.45) is 6.84. The molecule has 0 radical (unpaired) electrons. The molecule has 2 N–H and O–H groups in total. The van der Waals surface area contributed by atoms with E-state index in [-0.39, 0.29) is 23.0 Å². The van der Waals surface area contributed by atoms with E-state index in [0.717, 1.165) is 12.8 Å². The number of methoxy groups -OCH3 is 1. The Kier molecular flexibility index (Phi) is 7.22. The molecule has 1 saturated carbocycles. The van der Waals surface area contributed by atoms with Gasteiger partial charge in [0, 0.05) is 29.6 Å². The van der Waals surface area contributed by atoms with E-state index in [0.29, 0.717) is 36.2 Å². The van der Waals surface area contributed by atoms with E-state index >= 15 is 0 Å². The van der Waals surface area contributed by atoms with Crippen LogP contribution in [0.4, 0.5) is 4.79 Å². The Morgan fingerprint density at radius 3 is 2.29 bits per heavy atom. The first kappa shape index (κ1) is 21.4. The standard InChI is InChI=1S/C19H28BrN3O4S/c1-27-17-8-7-14(20)13-18(17)28(25,26)23-11-9-16(10-12-23)22-19(24)21-15-5-3-2-4-6-15/h7-8,13,15-16H,2-6,9-12H2,1H3,(H2,21,22,24). The molecule has 1 heterocycles. The summed E-state index contributed by atoms with van der Waals surface area (Å²) in [7, 11) is -2.19. The number of hydrogen-bond acceptors (Lipinski definition) is 4. The molecule has 1 aliphatic carbocycles. The van der Waals surface area contributed by atoms with Gasteiger partial charge in [0.05, 0.1) is 7.11 Å². The normalized spacial score (nSPS) is 19.9. The maximum atomic E-state index is 13.0. The van der Waals surface area contributed by atoms with Crippen LogP contribution in [0.5, 0.6) is 5.75 Å². The second kappa shape index (κ2) is 9.45. The molecule has 1 aliphatic heterocycles. The number of nitrogens with zero attached hydrogens (tertiary/aromatic N) is 1. The molecule has 1 aromatic rings. The maximum Gasteiger partial charge on any atom is 0.315 e. The predicted molar refractivity (Wildman–Crippen MR) is 111 cm³/mol. The van der Waals surface area contributed by atoms with Gasteiger partial charge in [-0.05, 0) is 43.9 Å². The van der Waals surface area contributed by atoms with Gasteiger partial charge in [0.15, 0.2) is 0 Å². The molecule has 7 nitrogen and oxygen atoms in total. The number of nitrogens with one attached hydrogen (secondary N) is 2. The highest BCUT2D eigenvalue weighted by atomic mass is 79.9. The highest BCUT2D eigenvalue weighted by Crippen LogP contribution is 2.31. The van der Waals surface area contributed by atoms with Gasteiger partial charge in [0.2, 0.25) is 10.0 Å². The van der Waals surface area contributed by atoms with E-state index in [1.807, 2.05) is 0 Å². The van der Waals surface area contributed by atoms with Crippen LogP contribution in [0.1, 0.15) is 44.9 Å². The lowest BCUT2D eigenvalue weighted by atomic mass is 9.96. The van der Waals surface area contributed by atoms with Crippen molar-refractivity contribution >= 4 is 32.0 Å². The molecule has 2 fully saturated rings. The molecule has 156 valence electrons. The van der Waals surface area contributed by atoms with Crippen LogP contribution in [-0.2, 0) is 10.0 Å². The molecular formula is C19H28BrN3O4S. The van der Waals surface area contributed by atoms with E-state index in [1.54, 1.807) is 18.2 Å². The fraction of sp³-hybridized carbons (Fsp3) is 0.632. The van der Waals surface area contributed by atoms with Gasteiger partial charge in [-0.3, -0.25) is 0 Å². The van der Waals surface area contributed by atoms with Gasteiger partial charge >= 0.3 is 6.03 Å². The Morgan fingerprint density at radius 2 is 1.68 bits per heavy atom. The maximum absolute atomic E-state index is 13.0. The van der Waals surface area contributed by atoms with Gasteiger partial charge in [-0.1, -0.05) is 35.2 Å². The Labute approximate surface area is 175 Å². The summed E-state index contributed by atoms with van der Waals surface area (Å²) < 4.78 is 33.5. The molecule has 0 bridgehead atoms. The lowest BCUT2D eigenvalue weighted by Gasteiger charge is -2.32. The fourth-order valence-corrected chi connectivity index (χ4v) is 6.05. The molecule has 0 atom stereocenters. The molecule has 0 spiro atoms. The van der Waals surface area contributed by atoms with Crippen LogP contribution in [0.15, 0.2) is 27.6 Å². The zero-order valence-corrected chi connectivity index (χ0v) is 18.5. The highest BCUT2D eigenvalue weighted by Gasteiger charge is 2.32. The van der Waals surface area contributed by atoms with E-state index in [4.69, 9.17) is 4.74 Å². The minimum Gasteiger partial charge on any atom is -0.495 e. The lowest BCUT2D eigenvalue weighted by Crippen LogP contribution is -2.51.